The average Bonchev–Trinajstić information content (AvgIpc) is 3.47. The number of pyridine rings is 1. The van der Waals surface area contributed by atoms with Gasteiger partial charge in [-0.3, -0.25) is 9.78 Å². The number of nitrogens with zero attached hydrogens (tertiary/aromatic N) is 5. The Labute approximate surface area is 221 Å². The molecule has 0 saturated heterocycles. The number of rotatable bonds is 8. The predicted molar refractivity (Wildman–Crippen MR) is 140 cm³/mol. The maximum atomic E-state index is 15.5. The van der Waals surface area contributed by atoms with E-state index in [1.807, 2.05) is 19.1 Å². The van der Waals surface area contributed by atoms with Gasteiger partial charge in [-0.2, -0.15) is 5.10 Å². The maximum absolute atomic E-state index is 15.5. The summed E-state index contributed by atoms with van der Waals surface area (Å²) in [5, 5.41) is 11.6. The monoisotopic (exact) mass is 538 g/mol. The molecule has 1 aliphatic carbocycles. The minimum atomic E-state index is -1.08. The molecule has 0 saturated carbocycles. The number of methoxy groups -OCH3 is 1. The molecule has 3 heterocycles. The molecule has 0 aliphatic heterocycles. The zero-order chi connectivity index (χ0) is 26.8. The first-order valence-electron chi connectivity index (χ1n) is 11.8. The van der Waals surface area contributed by atoms with Crippen LogP contribution in [0.5, 0.6) is 0 Å². The third-order valence-corrected chi connectivity index (χ3v) is 6.96. The highest BCUT2D eigenvalue weighted by atomic mass is 32.1. The average molecular weight is 539 g/mol. The summed E-state index contributed by atoms with van der Waals surface area (Å²) in [6, 6.07) is 6.64. The topological polar surface area (TPSA) is 104 Å². The van der Waals surface area contributed by atoms with Crippen LogP contribution in [-0.4, -0.2) is 52.2 Å². The molecule has 5 rings (SSSR count). The maximum Gasteiger partial charge on any atom is 0.223 e. The first-order chi connectivity index (χ1) is 18.4. The Balaban J connectivity index is 1.63. The number of fused-ring (bicyclic) bond motifs is 3. The van der Waals surface area contributed by atoms with Crippen molar-refractivity contribution in [3.63, 3.8) is 0 Å². The molecule has 0 spiro atoms. The normalized spacial score (nSPS) is 12.4. The fourth-order valence-electron chi connectivity index (χ4n) is 4.17. The van der Waals surface area contributed by atoms with Crippen molar-refractivity contribution in [2.45, 2.75) is 26.7 Å². The number of benzene rings is 1. The molecule has 0 radical (unpaired) electrons. The second-order valence-corrected chi connectivity index (χ2v) is 9.61. The van der Waals surface area contributed by atoms with Gasteiger partial charge in [-0.25, -0.2) is 18.4 Å². The number of carbonyl (C=O) groups excluding carboxylic acids is 1. The number of hydrogen-bond donors (Lipinski definition) is 1. The molecule has 3 aromatic heterocycles. The summed E-state index contributed by atoms with van der Waals surface area (Å²) in [4.78, 5) is 26.3. The quantitative estimate of drug-likeness (QED) is 0.198. The van der Waals surface area contributed by atoms with Crippen LogP contribution >= 0.6 is 11.3 Å². The Kier molecular flexibility index (Phi) is 7.25. The highest BCUT2D eigenvalue weighted by Gasteiger charge is 2.31. The summed E-state index contributed by atoms with van der Waals surface area (Å²) >= 11 is 1.27. The van der Waals surface area contributed by atoms with Crippen molar-refractivity contribution < 1.29 is 23.1 Å². The second kappa shape index (κ2) is 10.8. The molecule has 0 atom stereocenters. The van der Waals surface area contributed by atoms with Crippen LogP contribution in [0.25, 0.3) is 27.5 Å². The standard InChI is InChI=1S/C26H24F2N6O3S/c1-14-4-5-17(12-29-14)23-18-7-8-19-25(38-26(32-19)31-15(2)35)24(18)34(33-23)20-9-6-16(21(27)22(20)28)13-30-37-11-10-36-3/h4-6,9,12-13H,7-8,10-11H2,1-3H3,(H,31,32,35)/b30-13+. The number of ether oxygens (including phenoxy) is 1. The summed E-state index contributed by atoms with van der Waals surface area (Å²) in [7, 11) is 1.52. The van der Waals surface area contributed by atoms with Crippen LogP contribution in [0.2, 0.25) is 0 Å². The first kappa shape index (κ1) is 25.6. The Morgan fingerprint density at radius 2 is 2.05 bits per heavy atom. The van der Waals surface area contributed by atoms with Gasteiger partial charge in [0.1, 0.15) is 12.3 Å². The molecule has 1 aliphatic rings. The smallest absolute Gasteiger partial charge is 0.223 e. The third kappa shape index (κ3) is 4.92. The van der Waals surface area contributed by atoms with Crippen LogP contribution in [0, 0.1) is 18.6 Å². The second-order valence-electron chi connectivity index (χ2n) is 8.61. The fraction of sp³-hybridized carbons (Fsp3) is 0.269. The lowest BCUT2D eigenvalue weighted by molar-refractivity contribution is -0.114. The molecule has 196 valence electrons. The fourth-order valence-corrected chi connectivity index (χ4v) is 5.29. The lowest BCUT2D eigenvalue weighted by Gasteiger charge is -2.15. The number of amides is 1. The molecule has 9 nitrogen and oxygen atoms in total. The summed E-state index contributed by atoms with van der Waals surface area (Å²) in [6.45, 7) is 3.79. The van der Waals surface area contributed by atoms with E-state index in [2.05, 4.69) is 20.4 Å². The number of carbonyl (C=O) groups is 1. The molecule has 4 aromatic rings. The molecule has 38 heavy (non-hydrogen) atoms. The number of anilines is 1. The molecular formula is C26H24F2N6O3S. The number of halogens is 2. The van der Waals surface area contributed by atoms with Gasteiger partial charge < -0.3 is 14.9 Å². The van der Waals surface area contributed by atoms with Gasteiger partial charge in [-0.05, 0) is 44.0 Å². The summed E-state index contributed by atoms with van der Waals surface area (Å²) in [5.41, 5.74) is 4.35. The van der Waals surface area contributed by atoms with Gasteiger partial charge in [0.25, 0.3) is 0 Å². The minimum absolute atomic E-state index is 0.0650. The van der Waals surface area contributed by atoms with Crippen LogP contribution in [0.15, 0.2) is 35.6 Å². The van der Waals surface area contributed by atoms with Crippen molar-refractivity contribution in [3.05, 3.63) is 64.6 Å². The van der Waals surface area contributed by atoms with Crippen molar-refractivity contribution in [1.29, 1.82) is 0 Å². The molecule has 1 amide bonds. The number of thiazole rings is 1. The van der Waals surface area contributed by atoms with Crippen LogP contribution in [0.3, 0.4) is 0 Å². The molecule has 1 N–H and O–H groups in total. The van der Waals surface area contributed by atoms with Gasteiger partial charge in [-0.15, -0.1) is 0 Å². The highest BCUT2D eigenvalue weighted by Crippen LogP contribution is 2.44. The van der Waals surface area contributed by atoms with E-state index in [1.165, 1.54) is 42.2 Å². The van der Waals surface area contributed by atoms with Crippen LogP contribution in [0.4, 0.5) is 13.9 Å². The predicted octanol–water partition coefficient (Wildman–Crippen LogP) is 4.70. The number of aromatic nitrogens is 4. The van der Waals surface area contributed by atoms with Gasteiger partial charge in [0, 0.05) is 42.6 Å². The molecule has 1 aromatic carbocycles. The van der Waals surface area contributed by atoms with E-state index in [4.69, 9.17) is 14.7 Å². The van der Waals surface area contributed by atoms with Crippen molar-refractivity contribution in [2.24, 2.45) is 5.16 Å². The summed E-state index contributed by atoms with van der Waals surface area (Å²) in [6.07, 6.45) is 4.03. The van der Waals surface area contributed by atoms with E-state index in [1.54, 1.807) is 6.20 Å². The first-order valence-corrected chi connectivity index (χ1v) is 12.6. The third-order valence-electron chi connectivity index (χ3n) is 5.94. The lowest BCUT2D eigenvalue weighted by atomic mass is 9.95. The van der Waals surface area contributed by atoms with E-state index in [-0.39, 0.29) is 23.8 Å². The molecule has 0 fully saturated rings. The largest absolute Gasteiger partial charge is 0.393 e. The summed E-state index contributed by atoms with van der Waals surface area (Å²) < 4.78 is 36.9. The number of oxime groups is 1. The van der Waals surface area contributed by atoms with Gasteiger partial charge in [0.2, 0.25) is 5.91 Å². The van der Waals surface area contributed by atoms with Crippen molar-refractivity contribution in [3.8, 4) is 27.5 Å². The molecule has 12 heteroatoms. The zero-order valence-electron chi connectivity index (χ0n) is 20.9. The SMILES string of the molecule is COCCO/N=C/c1ccc(-n2nc(-c3ccc(C)nc3)c3c2-c2sc(NC(C)=O)nc2CC3)c(F)c1F. The molecular weight excluding hydrogens is 514 g/mol. The van der Waals surface area contributed by atoms with E-state index in [9.17, 15) is 4.79 Å². The summed E-state index contributed by atoms with van der Waals surface area (Å²) in [5.74, 6) is -2.40. The van der Waals surface area contributed by atoms with Crippen LogP contribution in [-0.2, 0) is 27.2 Å². The minimum Gasteiger partial charge on any atom is -0.393 e. The van der Waals surface area contributed by atoms with Crippen molar-refractivity contribution >= 4 is 28.6 Å². The number of aryl methyl sites for hydroxylation is 2. The van der Waals surface area contributed by atoms with Crippen molar-refractivity contribution in [1.82, 2.24) is 19.7 Å². The van der Waals surface area contributed by atoms with Gasteiger partial charge >= 0.3 is 0 Å². The van der Waals surface area contributed by atoms with E-state index in [0.717, 1.165) is 33.6 Å². The van der Waals surface area contributed by atoms with Crippen LogP contribution < -0.4 is 5.32 Å². The lowest BCUT2D eigenvalue weighted by Crippen LogP contribution is -2.09. The van der Waals surface area contributed by atoms with Crippen LogP contribution in [0.1, 0.15) is 29.4 Å². The molecule has 0 unspecified atom stereocenters. The Morgan fingerprint density at radius 1 is 1.21 bits per heavy atom. The zero-order valence-corrected chi connectivity index (χ0v) is 21.7. The van der Waals surface area contributed by atoms with E-state index in [0.29, 0.717) is 36.0 Å². The highest BCUT2D eigenvalue weighted by molar-refractivity contribution is 7.19. The van der Waals surface area contributed by atoms with Crippen molar-refractivity contribution in [2.75, 3.05) is 25.6 Å². The van der Waals surface area contributed by atoms with E-state index < -0.39 is 11.6 Å². The Morgan fingerprint density at radius 3 is 2.79 bits per heavy atom. The number of hydrogen-bond acceptors (Lipinski definition) is 8. The van der Waals surface area contributed by atoms with E-state index >= 15 is 8.78 Å². The van der Waals surface area contributed by atoms with Gasteiger partial charge in [-0.1, -0.05) is 16.5 Å². The van der Waals surface area contributed by atoms with Gasteiger partial charge in [0.05, 0.1) is 34.8 Å². The molecule has 0 bridgehead atoms. The Bertz CT molecular complexity index is 1530. The number of nitrogens with one attached hydrogen (secondary N) is 1. The Hall–Kier alpha value is -4.03. The van der Waals surface area contributed by atoms with Gasteiger partial charge in [0.15, 0.2) is 16.8 Å².